The van der Waals surface area contributed by atoms with Gasteiger partial charge in [-0.15, -0.1) is 0 Å². The minimum absolute atomic E-state index is 0.0185. The Morgan fingerprint density at radius 1 is 1.33 bits per heavy atom. The molecule has 0 amide bonds. The number of aromatic carboxylic acids is 1. The highest BCUT2D eigenvalue weighted by molar-refractivity contribution is 14.1. The molecule has 1 aromatic carbocycles. The lowest BCUT2D eigenvalue weighted by Crippen LogP contribution is -2.01. The van der Waals surface area contributed by atoms with Crippen LogP contribution >= 0.6 is 38.5 Å². The first-order valence-corrected chi connectivity index (χ1v) is 6.85. The second-order valence-electron chi connectivity index (χ2n) is 3.48. The van der Waals surface area contributed by atoms with E-state index in [1.54, 1.807) is 6.07 Å². The largest absolute Gasteiger partial charge is 0.477 e. The average molecular weight is 419 g/mol. The Labute approximate surface area is 126 Å². The van der Waals surface area contributed by atoms with E-state index in [9.17, 15) is 4.79 Å². The fourth-order valence-corrected chi connectivity index (χ4v) is 2.21. The molecule has 0 aliphatic heterocycles. The average Bonchev–Trinajstić information content (AvgIpc) is 2.34. The second-order valence-corrected chi connectivity index (χ2v) is 5.56. The van der Waals surface area contributed by atoms with Crippen molar-refractivity contribution in [3.8, 4) is 0 Å². The molecule has 0 saturated heterocycles. The number of rotatable bonds is 3. The maximum absolute atomic E-state index is 10.8. The zero-order valence-corrected chi connectivity index (χ0v) is 12.8. The molecule has 0 aliphatic rings. The predicted octanol–water partition coefficient (Wildman–Crippen LogP) is 3.89. The van der Waals surface area contributed by atoms with E-state index >= 15 is 0 Å². The summed E-state index contributed by atoms with van der Waals surface area (Å²) in [5.74, 6) is -1.04. The molecule has 0 unspecified atom stereocenters. The summed E-state index contributed by atoms with van der Waals surface area (Å²) in [7, 11) is 0. The quantitative estimate of drug-likeness (QED) is 0.742. The molecule has 0 fully saturated rings. The van der Waals surface area contributed by atoms with E-state index in [2.05, 4.69) is 48.8 Å². The molecule has 0 aliphatic carbocycles. The fraction of sp³-hybridized carbons (Fsp3) is 0. The van der Waals surface area contributed by atoms with E-state index in [0.29, 0.717) is 5.69 Å². The second kappa shape index (κ2) is 5.66. The van der Waals surface area contributed by atoms with Crippen molar-refractivity contribution in [3.63, 3.8) is 0 Å². The van der Waals surface area contributed by atoms with Gasteiger partial charge < -0.3 is 10.4 Å². The number of hydrogen-bond donors (Lipinski definition) is 2. The minimum Gasteiger partial charge on any atom is -0.477 e. The SMILES string of the molecule is O=C(O)c1cc(Nc2cc(Br)ccc2I)ccn1. The molecular formula is C12H8BrIN2O2. The molecule has 4 nitrogen and oxygen atoms in total. The number of aromatic nitrogens is 1. The van der Waals surface area contributed by atoms with Crippen LogP contribution in [0.1, 0.15) is 10.5 Å². The fourth-order valence-electron chi connectivity index (χ4n) is 1.37. The number of nitrogens with one attached hydrogen (secondary N) is 1. The van der Waals surface area contributed by atoms with Crippen molar-refractivity contribution >= 4 is 55.9 Å². The third-order valence-electron chi connectivity index (χ3n) is 2.19. The lowest BCUT2D eigenvalue weighted by atomic mass is 10.2. The smallest absolute Gasteiger partial charge is 0.354 e. The number of benzene rings is 1. The molecular weight excluding hydrogens is 411 g/mol. The molecule has 0 atom stereocenters. The van der Waals surface area contributed by atoms with Gasteiger partial charge in [0.1, 0.15) is 5.69 Å². The summed E-state index contributed by atoms with van der Waals surface area (Å²) in [4.78, 5) is 14.6. The Hall–Kier alpha value is -1.15. The van der Waals surface area contributed by atoms with Gasteiger partial charge >= 0.3 is 5.97 Å². The van der Waals surface area contributed by atoms with Crippen molar-refractivity contribution in [2.24, 2.45) is 0 Å². The van der Waals surface area contributed by atoms with Crippen LogP contribution in [0.15, 0.2) is 41.0 Å². The lowest BCUT2D eigenvalue weighted by molar-refractivity contribution is 0.0690. The molecule has 0 radical (unpaired) electrons. The van der Waals surface area contributed by atoms with E-state index in [0.717, 1.165) is 13.7 Å². The van der Waals surface area contributed by atoms with Gasteiger partial charge in [-0.25, -0.2) is 9.78 Å². The van der Waals surface area contributed by atoms with E-state index in [1.165, 1.54) is 12.3 Å². The predicted molar refractivity (Wildman–Crippen MR) is 81.3 cm³/mol. The van der Waals surface area contributed by atoms with Gasteiger partial charge in [-0.2, -0.15) is 0 Å². The number of carbonyl (C=O) groups is 1. The summed E-state index contributed by atoms with van der Waals surface area (Å²) in [5.41, 5.74) is 1.62. The number of hydrogen-bond acceptors (Lipinski definition) is 3. The number of carboxylic acid groups (broad SMARTS) is 1. The van der Waals surface area contributed by atoms with Crippen LogP contribution in [0.25, 0.3) is 0 Å². The van der Waals surface area contributed by atoms with Gasteiger partial charge in [-0.05, 0) is 52.9 Å². The molecule has 18 heavy (non-hydrogen) atoms. The molecule has 92 valence electrons. The van der Waals surface area contributed by atoms with Crippen molar-refractivity contribution in [2.45, 2.75) is 0 Å². The standard InChI is InChI=1S/C12H8BrIN2O2/c13-7-1-2-9(14)10(5-7)16-8-3-4-15-11(6-8)12(17)18/h1-6H,(H,15,16)(H,17,18). The van der Waals surface area contributed by atoms with Crippen molar-refractivity contribution in [1.29, 1.82) is 0 Å². The summed E-state index contributed by atoms with van der Waals surface area (Å²) in [6.07, 6.45) is 1.47. The summed E-state index contributed by atoms with van der Waals surface area (Å²) in [5, 5.41) is 12.0. The molecule has 6 heteroatoms. The maximum atomic E-state index is 10.8. The number of nitrogens with zero attached hydrogens (tertiary/aromatic N) is 1. The maximum Gasteiger partial charge on any atom is 0.354 e. The van der Waals surface area contributed by atoms with Crippen LogP contribution in [0.2, 0.25) is 0 Å². The van der Waals surface area contributed by atoms with Crippen molar-refractivity contribution in [1.82, 2.24) is 4.98 Å². The normalized spacial score (nSPS) is 10.1. The monoisotopic (exact) mass is 418 g/mol. The van der Waals surface area contributed by atoms with Gasteiger partial charge in [-0.3, -0.25) is 0 Å². The van der Waals surface area contributed by atoms with E-state index in [1.807, 2.05) is 18.2 Å². The molecule has 1 heterocycles. The zero-order chi connectivity index (χ0) is 13.1. The van der Waals surface area contributed by atoms with Crippen LogP contribution in [0, 0.1) is 3.57 Å². The van der Waals surface area contributed by atoms with Gasteiger partial charge in [0, 0.05) is 19.9 Å². The summed E-state index contributed by atoms with van der Waals surface area (Å²) >= 11 is 5.61. The molecule has 0 spiro atoms. The highest BCUT2D eigenvalue weighted by Crippen LogP contribution is 2.26. The molecule has 1 aromatic heterocycles. The third kappa shape index (κ3) is 3.20. The molecule has 2 rings (SSSR count). The van der Waals surface area contributed by atoms with Gasteiger partial charge in [0.2, 0.25) is 0 Å². The van der Waals surface area contributed by atoms with Gasteiger partial charge in [-0.1, -0.05) is 15.9 Å². The molecule has 2 aromatic rings. The van der Waals surface area contributed by atoms with Crippen LogP contribution in [-0.4, -0.2) is 16.1 Å². The van der Waals surface area contributed by atoms with E-state index in [-0.39, 0.29) is 5.69 Å². The van der Waals surface area contributed by atoms with Crippen LogP contribution in [0.5, 0.6) is 0 Å². The summed E-state index contributed by atoms with van der Waals surface area (Å²) in [6.45, 7) is 0. The van der Waals surface area contributed by atoms with Crippen LogP contribution in [0.4, 0.5) is 11.4 Å². The highest BCUT2D eigenvalue weighted by Gasteiger charge is 2.06. The van der Waals surface area contributed by atoms with Gasteiger partial charge in [0.05, 0.1) is 5.69 Å². The number of halogens is 2. The lowest BCUT2D eigenvalue weighted by Gasteiger charge is -2.09. The first-order valence-electron chi connectivity index (χ1n) is 4.97. The Morgan fingerprint density at radius 3 is 2.83 bits per heavy atom. The van der Waals surface area contributed by atoms with Crippen molar-refractivity contribution in [2.75, 3.05) is 5.32 Å². The van der Waals surface area contributed by atoms with Crippen LogP contribution in [0.3, 0.4) is 0 Å². The number of carboxylic acids is 1. The van der Waals surface area contributed by atoms with Crippen molar-refractivity contribution < 1.29 is 9.90 Å². The van der Waals surface area contributed by atoms with Crippen LogP contribution < -0.4 is 5.32 Å². The molecule has 2 N–H and O–H groups in total. The first-order chi connectivity index (χ1) is 8.56. The number of anilines is 2. The zero-order valence-electron chi connectivity index (χ0n) is 9.02. The molecule has 0 bridgehead atoms. The first kappa shape index (κ1) is 13.3. The van der Waals surface area contributed by atoms with Crippen LogP contribution in [-0.2, 0) is 0 Å². The van der Waals surface area contributed by atoms with E-state index < -0.39 is 5.97 Å². The Kier molecular flexibility index (Phi) is 4.18. The van der Waals surface area contributed by atoms with Gasteiger partial charge in [0.15, 0.2) is 0 Å². The third-order valence-corrected chi connectivity index (χ3v) is 3.62. The Morgan fingerprint density at radius 2 is 2.11 bits per heavy atom. The van der Waals surface area contributed by atoms with E-state index in [4.69, 9.17) is 5.11 Å². The topological polar surface area (TPSA) is 62.2 Å². The van der Waals surface area contributed by atoms with Crippen molar-refractivity contribution in [3.05, 3.63) is 50.3 Å². The van der Waals surface area contributed by atoms with Gasteiger partial charge in [0.25, 0.3) is 0 Å². The summed E-state index contributed by atoms with van der Waals surface area (Å²) < 4.78 is 2.00. The Bertz CT molecular complexity index is 604. The molecule has 0 saturated carbocycles. The summed E-state index contributed by atoms with van der Waals surface area (Å²) in [6, 6.07) is 9.07. The Balaban J connectivity index is 2.31. The number of pyridine rings is 1. The minimum atomic E-state index is -1.04. The highest BCUT2D eigenvalue weighted by atomic mass is 127.